The summed E-state index contributed by atoms with van der Waals surface area (Å²) in [5, 5.41) is 0. The summed E-state index contributed by atoms with van der Waals surface area (Å²) < 4.78 is 2.46. The molecule has 2 aromatic rings. The van der Waals surface area contributed by atoms with Crippen molar-refractivity contribution in [2.45, 2.75) is 97.4 Å². The molecule has 0 saturated heterocycles. The van der Waals surface area contributed by atoms with Gasteiger partial charge >= 0.3 is 0 Å². The summed E-state index contributed by atoms with van der Waals surface area (Å²) in [7, 11) is 0. The number of imidazole rings is 1. The Labute approximate surface area is 161 Å². The molecule has 144 valence electrons. The van der Waals surface area contributed by atoms with Crippen LogP contribution < -0.4 is 0 Å². The SMILES string of the molecule is CCCCCCCn1cc(CCCc2ccccc2)nc1CCCCC. The van der Waals surface area contributed by atoms with E-state index >= 15 is 0 Å². The molecule has 2 nitrogen and oxygen atoms in total. The molecule has 0 fully saturated rings. The maximum atomic E-state index is 4.99. The molecule has 0 radical (unpaired) electrons. The summed E-state index contributed by atoms with van der Waals surface area (Å²) in [5.74, 6) is 1.32. The van der Waals surface area contributed by atoms with Gasteiger partial charge in [-0.15, -0.1) is 0 Å². The van der Waals surface area contributed by atoms with Gasteiger partial charge in [0.05, 0.1) is 5.69 Å². The average Bonchev–Trinajstić information content (AvgIpc) is 3.04. The largest absolute Gasteiger partial charge is 0.335 e. The van der Waals surface area contributed by atoms with E-state index in [1.54, 1.807) is 0 Å². The molecule has 1 aromatic heterocycles. The second-order valence-electron chi connectivity index (χ2n) is 7.55. The molecule has 0 atom stereocenters. The van der Waals surface area contributed by atoms with Crippen molar-refractivity contribution in [2.24, 2.45) is 0 Å². The Morgan fingerprint density at radius 3 is 2.23 bits per heavy atom. The Balaban J connectivity index is 1.85. The highest BCUT2D eigenvalue weighted by atomic mass is 15.1. The smallest absolute Gasteiger partial charge is 0.108 e. The number of hydrogen-bond donors (Lipinski definition) is 0. The molecule has 1 heterocycles. The minimum absolute atomic E-state index is 1.10. The van der Waals surface area contributed by atoms with Crippen molar-refractivity contribution >= 4 is 0 Å². The number of aryl methyl sites for hydroxylation is 4. The molecule has 2 heteroatoms. The molecule has 0 aliphatic carbocycles. The second kappa shape index (κ2) is 12.7. The van der Waals surface area contributed by atoms with E-state index < -0.39 is 0 Å². The zero-order valence-electron chi connectivity index (χ0n) is 17.1. The lowest BCUT2D eigenvalue weighted by molar-refractivity contribution is 0.547. The molecular formula is C24H38N2. The van der Waals surface area contributed by atoms with Crippen molar-refractivity contribution < 1.29 is 0 Å². The van der Waals surface area contributed by atoms with Gasteiger partial charge < -0.3 is 4.57 Å². The Bertz CT molecular complexity index is 586. The molecule has 0 aliphatic rings. The van der Waals surface area contributed by atoms with Crippen molar-refractivity contribution in [3.05, 3.63) is 53.6 Å². The van der Waals surface area contributed by atoms with Gasteiger partial charge in [-0.2, -0.15) is 0 Å². The minimum Gasteiger partial charge on any atom is -0.335 e. The van der Waals surface area contributed by atoms with Gasteiger partial charge in [-0.05, 0) is 37.7 Å². The third kappa shape index (κ3) is 7.76. The van der Waals surface area contributed by atoms with Gasteiger partial charge in [-0.3, -0.25) is 0 Å². The van der Waals surface area contributed by atoms with Crippen LogP contribution in [0.5, 0.6) is 0 Å². The number of unbranched alkanes of at least 4 members (excludes halogenated alkanes) is 6. The van der Waals surface area contributed by atoms with Crippen LogP contribution in [0.3, 0.4) is 0 Å². The fraction of sp³-hybridized carbons (Fsp3) is 0.625. The Morgan fingerprint density at radius 1 is 0.731 bits per heavy atom. The zero-order chi connectivity index (χ0) is 18.5. The van der Waals surface area contributed by atoms with Crippen LogP contribution in [0.15, 0.2) is 36.5 Å². The Hall–Kier alpha value is -1.57. The third-order valence-corrected chi connectivity index (χ3v) is 5.16. The number of rotatable bonds is 14. The average molecular weight is 355 g/mol. The first-order valence-corrected chi connectivity index (χ1v) is 10.9. The lowest BCUT2D eigenvalue weighted by Crippen LogP contribution is -2.03. The van der Waals surface area contributed by atoms with Crippen molar-refractivity contribution in [3.63, 3.8) is 0 Å². The normalized spacial score (nSPS) is 11.2. The van der Waals surface area contributed by atoms with E-state index in [4.69, 9.17) is 4.98 Å². The van der Waals surface area contributed by atoms with Gasteiger partial charge in [0, 0.05) is 19.2 Å². The van der Waals surface area contributed by atoms with Gasteiger partial charge in [-0.25, -0.2) is 4.98 Å². The first-order chi connectivity index (χ1) is 12.8. The number of benzene rings is 1. The highest BCUT2D eigenvalue weighted by Gasteiger charge is 2.08. The summed E-state index contributed by atoms with van der Waals surface area (Å²) in [6.07, 6.45) is 17.5. The molecule has 0 bridgehead atoms. The fourth-order valence-electron chi connectivity index (χ4n) is 3.56. The van der Waals surface area contributed by atoms with Crippen molar-refractivity contribution in [1.82, 2.24) is 9.55 Å². The van der Waals surface area contributed by atoms with Crippen LogP contribution in [-0.2, 0) is 25.8 Å². The number of nitrogens with zero attached hydrogens (tertiary/aromatic N) is 2. The van der Waals surface area contributed by atoms with E-state index in [0.29, 0.717) is 0 Å². The van der Waals surface area contributed by atoms with Gasteiger partial charge in [0.15, 0.2) is 0 Å². The summed E-state index contributed by atoms with van der Waals surface area (Å²) >= 11 is 0. The van der Waals surface area contributed by atoms with Crippen molar-refractivity contribution in [2.75, 3.05) is 0 Å². The minimum atomic E-state index is 1.10. The lowest BCUT2D eigenvalue weighted by atomic mass is 10.1. The highest BCUT2D eigenvalue weighted by molar-refractivity contribution is 5.15. The summed E-state index contributed by atoms with van der Waals surface area (Å²) in [6, 6.07) is 10.8. The van der Waals surface area contributed by atoms with E-state index in [9.17, 15) is 0 Å². The molecular weight excluding hydrogens is 316 g/mol. The molecule has 26 heavy (non-hydrogen) atoms. The van der Waals surface area contributed by atoms with Gasteiger partial charge in [0.25, 0.3) is 0 Å². The van der Waals surface area contributed by atoms with Gasteiger partial charge in [-0.1, -0.05) is 82.7 Å². The third-order valence-electron chi connectivity index (χ3n) is 5.16. The topological polar surface area (TPSA) is 17.8 Å². The van der Waals surface area contributed by atoms with Crippen LogP contribution in [0.4, 0.5) is 0 Å². The molecule has 1 aromatic carbocycles. The highest BCUT2D eigenvalue weighted by Crippen LogP contribution is 2.14. The summed E-state index contributed by atoms with van der Waals surface area (Å²) in [6.45, 7) is 5.70. The first-order valence-electron chi connectivity index (χ1n) is 10.9. The van der Waals surface area contributed by atoms with Crippen LogP contribution in [0.2, 0.25) is 0 Å². The standard InChI is InChI=1S/C24H38N2/c1-3-5-7-8-13-20-26-21-23(25-24(26)19-10-6-4-2)18-14-17-22-15-11-9-12-16-22/h9,11-12,15-16,21H,3-8,10,13-14,17-20H2,1-2H3. The van der Waals surface area contributed by atoms with Crippen molar-refractivity contribution in [1.29, 1.82) is 0 Å². The summed E-state index contributed by atoms with van der Waals surface area (Å²) in [4.78, 5) is 4.99. The second-order valence-corrected chi connectivity index (χ2v) is 7.55. The Kier molecular flexibility index (Phi) is 10.2. The molecule has 0 amide bonds. The maximum Gasteiger partial charge on any atom is 0.108 e. The van der Waals surface area contributed by atoms with E-state index in [0.717, 1.165) is 25.8 Å². The van der Waals surface area contributed by atoms with E-state index in [2.05, 4.69) is 54.9 Å². The van der Waals surface area contributed by atoms with Crippen LogP contribution >= 0.6 is 0 Å². The first kappa shape index (κ1) is 20.7. The van der Waals surface area contributed by atoms with Gasteiger partial charge in [0.1, 0.15) is 5.82 Å². The molecule has 0 aliphatic heterocycles. The molecule has 0 saturated carbocycles. The van der Waals surface area contributed by atoms with Crippen LogP contribution in [-0.4, -0.2) is 9.55 Å². The summed E-state index contributed by atoms with van der Waals surface area (Å²) in [5.41, 5.74) is 2.73. The molecule has 2 rings (SSSR count). The number of aromatic nitrogens is 2. The fourth-order valence-corrected chi connectivity index (χ4v) is 3.56. The van der Waals surface area contributed by atoms with E-state index in [-0.39, 0.29) is 0 Å². The van der Waals surface area contributed by atoms with Crippen LogP contribution in [0, 0.1) is 0 Å². The Morgan fingerprint density at radius 2 is 1.46 bits per heavy atom. The predicted molar refractivity (Wildman–Crippen MR) is 113 cm³/mol. The zero-order valence-corrected chi connectivity index (χ0v) is 17.1. The van der Waals surface area contributed by atoms with Crippen molar-refractivity contribution in [3.8, 4) is 0 Å². The van der Waals surface area contributed by atoms with Crippen LogP contribution in [0.25, 0.3) is 0 Å². The van der Waals surface area contributed by atoms with Crippen LogP contribution in [0.1, 0.15) is 88.7 Å². The molecule has 0 spiro atoms. The predicted octanol–water partition coefficient (Wildman–Crippen LogP) is 6.76. The maximum absolute atomic E-state index is 4.99. The monoisotopic (exact) mass is 354 g/mol. The molecule has 0 unspecified atom stereocenters. The number of hydrogen-bond acceptors (Lipinski definition) is 1. The quantitative estimate of drug-likeness (QED) is 0.343. The lowest BCUT2D eigenvalue weighted by Gasteiger charge is -2.07. The van der Waals surface area contributed by atoms with Gasteiger partial charge in [0.2, 0.25) is 0 Å². The van der Waals surface area contributed by atoms with E-state index in [1.165, 1.54) is 74.9 Å². The molecule has 0 N–H and O–H groups in total. The van der Waals surface area contributed by atoms with E-state index in [1.807, 2.05) is 0 Å².